The van der Waals surface area contributed by atoms with E-state index in [2.05, 4.69) is 10.6 Å². The minimum absolute atomic E-state index is 0.148. The number of aliphatic carboxylic acids is 1. The average Bonchev–Trinajstić information content (AvgIpc) is 2.44. The summed E-state index contributed by atoms with van der Waals surface area (Å²) in [6.45, 7) is 2.06. The van der Waals surface area contributed by atoms with Crippen molar-refractivity contribution in [2.45, 2.75) is 13.3 Å². The van der Waals surface area contributed by atoms with E-state index >= 15 is 0 Å². The van der Waals surface area contributed by atoms with Crippen LogP contribution in [0.2, 0.25) is 0 Å². The van der Waals surface area contributed by atoms with Gasteiger partial charge in [-0.25, -0.2) is 4.79 Å². The summed E-state index contributed by atoms with van der Waals surface area (Å²) in [6.07, 6.45) is 2.65. The number of carboxylic acid groups (broad SMARTS) is 1. The molecule has 0 aliphatic carbocycles. The largest absolute Gasteiger partial charge is 0.478 e. The molecule has 0 unspecified atom stereocenters. The van der Waals surface area contributed by atoms with E-state index in [1.54, 1.807) is 18.2 Å². The van der Waals surface area contributed by atoms with Gasteiger partial charge in [0.15, 0.2) is 0 Å². The van der Waals surface area contributed by atoms with Gasteiger partial charge in [0.05, 0.1) is 0 Å². The van der Waals surface area contributed by atoms with Crippen LogP contribution in [0.5, 0.6) is 0 Å². The second kappa shape index (κ2) is 7.84. The Bertz CT molecular complexity index is 579. The molecule has 21 heavy (non-hydrogen) atoms. The number of carboxylic acids is 1. The minimum Gasteiger partial charge on any atom is -0.478 e. The molecule has 0 heterocycles. The van der Waals surface area contributed by atoms with Gasteiger partial charge < -0.3 is 15.7 Å². The zero-order valence-corrected chi connectivity index (χ0v) is 12.0. The Balaban J connectivity index is 2.75. The molecule has 1 aromatic rings. The number of carbonyl (C=O) groups is 3. The van der Waals surface area contributed by atoms with Gasteiger partial charge in [0.2, 0.25) is 5.91 Å². The fourth-order valence-electron chi connectivity index (χ4n) is 1.72. The summed E-state index contributed by atoms with van der Waals surface area (Å²) in [5, 5.41) is 13.7. The summed E-state index contributed by atoms with van der Waals surface area (Å²) in [6, 6.07) is 5.08. The summed E-state index contributed by atoms with van der Waals surface area (Å²) in [5.74, 6) is -1.50. The fraction of sp³-hybridized carbons (Fsp3) is 0.267. The van der Waals surface area contributed by atoms with E-state index in [9.17, 15) is 14.4 Å². The van der Waals surface area contributed by atoms with Crippen molar-refractivity contribution < 1.29 is 19.5 Å². The molecule has 0 aliphatic rings. The van der Waals surface area contributed by atoms with Crippen LogP contribution in [0.4, 0.5) is 0 Å². The van der Waals surface area contributed by atoms with Gasteiger partial charge in [0.25, 0.3) is 5.91 Å². The predicted molar refractivity (Wildman–Crippen MR) is 78.9 cm³/mol. The number of carbonyl (C=O) groups excluding carboxylic acids is 2. The van der Waals surface area contributed by atoms with Crippen LogP contribution in [0.3, 0.4) is 0 Å². The lowest BCUT2D eigenvalue weighted by Crippen LogP contribution is -2.29. The van der Waals surface area contributed by atoms with Gasteiger partial charge in [-0.1, -0.05) is 6.07 Å². The van der Waals surface area contributed by atoms with Crippen LogP contribution in [-0.2, 0) is 9.59 Å². The molecule has 2 amide bonds. The van der Waals surface area contributed by atoms with E-state index in [0.29, 0.717) is 11.1 Å². The quantitative estimate of drug-likeness (QED) is 0.680. The van der Waals surface area contributed by atoms with Crippen molar-refractivity contribution in [3.05, 3.63) is 41.0 Å². The zero-order chi connectivity index (χ0) is 15.8. The minimum atomic E-state index is -1.05. The molecule has 1 rings (SSSR count). The second-order valence-corrected chi connectivity index (χ2v) is 4.48. The molecule has 3 N–H and O–H groups in total. The van der Waals surface area contributed by atoms with E-state index < -0.39 is 5.97 Å². The van der Waals surface area contributed by atoms with Crippen LogP contribution in [0, 0.1) is 6.92 Å². The third kappa shape index (κ3) is 5.90. The normalized spacial score (nSPS) is 10.4. The Morgan fingerprint density at radius 1 is 1.24 bits per heavy atom. The molecule has 0 radical (unpaired) electrons. The highest BCUT2D eigenvalue weighted by molar-refractivity contribution is 5.95. The summed E-state index contributed by atoms with van der Waals surface area (Å²) >= 11 is 0. The molecule has 0 fully saturated rings. The SMILES string of the molecule is CNC(=O)CCNC(=O)c1cc(C)cc(/C=C/C(=O)O)c1. The first-order chi connectivity index (χ1) is 9.92. The molecule has 0 aromatic heterocycles. The number of nitrogens with one attached hydrogen (secondary N) is 2. The molecule has 0 saturated carbocycles. The first-order valence-corrected chi connectivity index (χ1v) is 6.44. The van der Waals surface area contributed by atoms with Crippen molar-refractivity contribution in [1.29, 1.82) is 0 Å². The van der Waals surface area contributed by atoms with Crippen LogP contribution >= 0.6 is 0 Å². The Hall–Kier alpha value is -2.63. The van der Waals surface area contributed by atoms with Crippen molar-refractivity contribution in [2.75, 3.05) is 13.6 Å². The smallest absolute Gasteiger partial charge is 0.328 e. The van der Waals surface area contributed by atoms with E-state index in [0.717, 1.165) is 11.6 Å². The average molecular weight is 290 g/mol. The standard InChI is InChI=1S/C15H18N2O4/c1-10-7-11(3-4-14(19)20)9-12(8-10)15(21)17-6-5-13(18)16-2/h3-4,7-9H,5-6H2,1-2H3,(H,16,18)(H,17,21)(H,19,20)/b4-3+. The Kier molecular flexibility index (Phi) is 6.13. The molecule has 0 atom stereocenters. The molecular formula is C15H18N2O4. The van der Waals surface area contributed by atoms with Crippen LogP contribution in [0.25, 0.3) is 6.08 Å². The molecule has 0 saturated heterocycles. The first-order valence-electron chi connectivity index (χ1n) is 6.44. The highest BCUT2D eigenvalue weighted by Crippen LogP contribution is 2.11. The molecule has 0 bridgehead atoms. The Morgan fingerprint density at radius 2 is 1.95 bits per heavy atom. The van der Waals surface area contributed by atoms with Crippen LogP contribution < -0.4 is 10.6 Å². The molecule has 0 aliphatic heterocycles. The number of aryl methyl sites for hydroxylation is 1. The van der Waals surface area contributed by atoms with Crippen LogP contribution in [0.1, 0.15) is 27.9 Å². The van der Waals surface area contributed by atoms with Gasteiger partial charge in [-0.3, -0.25) is 9.59 Å². The number of hydrogen-bond donors (Lipinski definition) is 3. The maximum absolute atomic E-state index is 12.0. The monoisotopic (exact) mass is 290 g/mol. The second-order valence-electron chi connectivity index (χ2n) is 4.48. The molecule has 112 valence electrons. The summed E-state index contributed by atoms with van der Waals surface area (Å²) in [5.41, 5.74) is 1.91. The lowest BCUT2D eigenvalue weighted by Gasteiger charge is -2.07. The van der Waals surface area contributed by atoms with E-state index in [1.807, 2.05) is 6.92 Å². The van der Waals surface area contributed by atoms with Crippen molar-refractivity contribution >= 4 is 23.9 Å². The predicted octanol–water partition coefficient (Wildman–Crippen LogP) is 0.959. The van der Waals surface area contributed by atoms with Gasteiger partial charge >= 0.3 is 5.97 Å². The molecule has 6 nitrogen and oxygen atoms in total. The van der Waals surface area contributed by atoms with Crippen LogP contribution in [-0.4, -0.2) is 36.5 Å². The number of hydrogen-bond acceptors (Lipinski definition) is 3. The summed E-state index contributed by atoms with van der Waals surface area (Å²) in [7, 11) is 1.53. The van der Waals surface area contributed by atoms with Crippen LogP contribution in [0.15, 0.2) is 24.3 Å². The highest BCUT2D eigenvalue weighted by atomic mass is 16.4. The number of benzene rings is 1. The topological polar surface area (TPSA) is 95.5 Å². The fourth-order valence-corrected chi connectivity index (χ4v) is 1.72. The van der Waals surface area contributed by atoms with Gasteiger partial charge in [0, 0.05) is 31.7 Å². The first kappa shape index (κ1) is 16.4. The van der Waals surface area contributed by atoms with Crippen molar-refractivity contribution in [3.8, 4) is 0 Å². The van der Waals surface area contributed by atoms with Gasteiger partial charge in [-0.15, -0.1) is 0 Å². The van der Waals surface area contributed by atoms with E-state index in [-0.39, 0.29) is 24.8 Å². The van der Waals surface area contributed by atoms with E-state index in [1.165, 1.54) is 13.1 Å². The van der Waals surface area contributed by atoms with Crippen molar-refractivity contribution in [1.82, 2.24) is 10.6 Å². The molecular weight excluding hydrogens is 272 g/mol. The lowest BCUT2D eigenvalue weighted by atomic mass is 10.1. The van der Waals surface area contributed by atoms with Gasteiger partial charge in [-0.05, 0) is 36.3 Å². The third-order valence-corrected chi connectivity index (χ3v) is 2.70. The number of rotatable bonds is 6. The molecule has 6 heteroatoms. The maximum Gasteiger partial charge on any atom is 0.328 e. The number of amides is 2. The third-order valence-electron chi connectivity index (χ3n) is 2.70. The Morgan fingerprint density at radius 3 is 2.57 bits per heavy atom. The maximum atomic E-state index is 12.0. The highest BCUT2D eigenvalue weighted by Gasteiger charge is 2.07. The Labute approximate surface area is 122 Å². The van der Waals surface area contributed by atoms with E-state index in [4.69, 9.17) is 5.11 Å². The van der Waals surface area contributed by atoms with Crippen molar-refractivity contribution in [3.63, 3.8) is 0 Å². The molecule has 0 spiro atoms. The van der Waals surface area contributed by atoms with Crippen molar-refractivity contribution in [2.24, 2.45) is 0 Å². The van der Waals surface area contributed by atoms with Gasteiger partial charge in [-0.2, -0.15) is 0 Å². The van der Waals surface area contributed by atoms with Gasteiger partial charge in [0.1, 0.15) is 0 Å². The zero-order valence-electron chi connectivity index (χ0n) is 12.0. The molecule has 1 aromatic carbocycles. The lowest BCUT2D eigenvalue weighted by molar-refractivity contribution is -0.131. The summed E-state index contributed by atoms with van der Waals surface area (Å²) < 4.78 is 0. The summed E-state index contributed by atoms with van der Waals surface area (Å²) in [4.78, 5) is 33.5.